The van der Waals surface area contributed by atoms with Crippen LogP contribution < -0.4 is 5.32 Å². The maximum Gasteiger partial charge on any atom is 0.330 e. The predicted molar refractivity (Wildman–Crippen MR) is 122 cm³/mol. The molecule has 0 fully saturated rings. The Morgan fingerprint density at radius 3 is 2.65 bits per heavy atom. The van der Waals surface area contributed by atoms with Gasteiger partial charge in [-0.15, -0.1) is 10.2 Å². The van der Waals surface area contributed by atoms with Crippen LogP contribution in [0.15, 0.2) is 66.1 Å². The molecule has 8 heteroatoms. The third-order valence-electron chi connectivity index (χ3n) is 4.37. The van der Waals surface area contributed by atoms with Crippen molar-refractivity contribution in [2.75, 3.05) is 17.7 Å². The van der Waals surface area contributed by atoms with Crippen LogP contribution in [0, 0.1) is 0 Å². The number of carbonyl (C=O) groups excluding carboxylic acids is 2. The summed E-state index contributed by atoms with van der Waals surface area (Å²) < 4.78 is 6.75. The van der Waals surface area contributed by atoms with E-state index in [1.165, 1.54) is 23.4 Å². The van der Waals surface area contributed by atoms with Gasteiger partial charge in [-0.1, -0.05) is 49.0 Å². The van der Waals surface area contributed by atoms with Gasteiger partial charge >= 0.3 is 5.97 Å². The fourth-order valence-corrected chi connectivity index (χ4v) is 3.61. The molecule has 1 amide bonds. The first-order chi connectivity index (χ1) is 15.1. The molecule has 1 heterocycles. The molecule has 0 unspecified atom stereocenters. The number of anilines is 1. The summed E-state index contributed by atoms with van der Waals surface area (Å²) in [5, 5.41) is 11.7. The van der Waals surface area contributed by atoms with Crippen molar-refractivity contribution in [1.29, 1.82) is 0 Å². The second kappa shape index (κ2) is 11.1. The standard InChI is InChI=1S/C23H24N4O3S/c1-3-18-7-5-6-8-20(18)27-16-24-26-23(27)31-15-21(28)25-19-12-9-17(10-13-19)11-14-22(29)30-4-2/h5-14,16H,3-4,15H2,1-2H3,(H,25,28)/b14-11+. The van der Waals surface area contributed by atoms with Crippen molar-refractivity contribution >= 4 is 35.4 Å². The van der Waals surface area contributed by atoms with Gasteiger partial charge in [-0.05, 0) is 48.7 Å². The number of aryl methyl sites for hydroxylation is 1. The van der Waals surface area contributed by atoms with E-state index in [0.717, 1.165) is 17.7 Å². The minimum Gasteiger partial charge on any atom is -0.463 e. The lowest BCUT2D eigenvalue weighted by molar-refractivity contribution is -0.137. The van der Waals surface area contributed by atoms with Gasteiger partial charge in [0.1, 0.15) is 6.33 Å². The SMILES string of the molecule is CCOC(=O)/C=C/c1ccc(NC(=O)CSc2nncn2-c2ccccc2CC)cc1. The van der Waals surface area contributed by atoms with E-state index in [0.29, 0.717) is 17.5 Å². The number of benzene rings is 2. The Bertz CT molecular complexity index is 1060. The van der Waals surface area contributed by atoms with Gasteiger partial charge in [-0.2, -0.15) is 0 Å². The van der Waals surface area contributed by atoms with Crippen LogP contribution in [-0.4, -0.2) is 39.0 Å². The highest BCUT2D eigenvalue weighted by atomic mass is 32.2. The summed E-state index contributed by atoms with van der Waals surface area (Å²) in [6.07, 6.45) is 5.60. The van der Waals surface area contributed by atoms with Gasteiger partial charge in [-0.25, -0.2) is 4.79 Å². The van der Waals surface area contributed by atoms with Crippen LogP contribution in [-0.2, 0) is 20.7 Å². The minimum absolute atomic E-state index is 0.141. The number of hydrogen-bond acceptors (Lipinski definition) is 6. The molecule has 160 valence electrons. The molecule has 0 aliphatic rings. The highest BCUT2D eigenvalue weighted by molar-refractivity contribution is 7.99. The van der Waals surface area contributed by atoms with E-state index in [9.17, 15) is 9.59 Å². The van der Waals surface area contributed by atoms with Gasteiger partial charge in [0.15, 0.2) is 5.16 Å². The number of hydrogen-bond donors (Lipinski definition) is 1. The molecule has 1 aromatic heterocycles. The molecule has 1 N–H and O–H groups in total. The van der Waals surface area contributed by atoms with Crippen molar-refractivity contribution in [1.82, 2.24) is 14.8 Å². The van der Waals surface area contributed by atoms with Crippen LogP contribution in [0.25, 0.3) is 11.8 Å². The summed E-state index contributed by atoms with van der Waals surface area (Å²) in [6.45, 7) is 4.20. The third kappa shape index (κ3) is 6.29. The molecule has 31 heavy (non-hydrogen) atoms. The first kappa shape index (κ1) is 22.3. The van der Waals surface area contributed by atoms with Crippen LogP contribution in [0.3, 0.4) is 0 Å². The van der Waals surface area contributed by atoms with Gasteiger partial charge in [0.2, 0.25) is 5.91 Å². The highest BCUT2D eigenvalue weighted by Crippen LogP contribution is 2.22. The molecule has 7 nitrogen and oxygen atoms in total. The molecule has 0 spiro atoms. The summed E-state index contributed by atoms with van der Waals surface area (Å²) in [5.41, 5.74) is 3.72. The van der Waals surface area contributed by atoms with E-state index in [2.05, 4.69) is 28.5 Å². The van der Waals surface area contributed by atoms with Gasteiger partial charge < -0.3 is 10.1 Å². The second-order valence-electron chi connectivity index (χ2n) is 6.51. The molecule has 0 radical (unpaired) electrons. The zero-order valence-corrected chi connectivity index (χ0v) is 18.3. The lowest BCUT2D eigenvalue weighted by Crippen LogP contribution is -2.14. The molecule has 0 saturated heterocycles. The Morgan fingerprint density at radius 2 is 1.90 bits per heavy atom. The molecule has 0 atom stereocenters. The minimum atomic E-state index is -0.383. The summed E-state index contributed by atoms with van der Waals surface area (Å²) in [5.74, 6) is -0.318. The number of nitrogens with zero attached hydrogens (tertiary/aromatic N) is 3. The third-order valence-corrected chi connectivity index (χ3v) is 5.32. The van der Waals surface area contributed by atoms with Crippen molar-refractivity contribution in [2.45, 2.75) is 25.4 Å². The van der Waals surface area contributed by atoms with Crippen molar-refractivity contribution < 1.29 is 14.3 Å². The normalized spacial score (nSPS) is 10.9. The monoisotopic (exact) mass is 436 g/mol. The Kier molecular flexibility index (Phi) is 8.00. The molecule has 2 aromatic carbocycles. The van der Waals surface area contributed by atoms with E-state index in [1.54, 1.807) is 31.5 Å². The van der Waals surface area contributed by atoms with Gasteiger partial charge in [0.05, 0.1) is 18.0 Å². The number of esters is 1. The maximum absolute atomic E-state index is 12.4. The summed E-state index contributed by atoms with van der Waals surface area (Å²) >= 11 is 1.33. The predicted octanol–water partition coefficient (Wildman–Crippen LogP) is 4.14. The van der Waals surface area contributed by atoms with Crippen LogP contribution >= 0.6 is 11.8 Å². The number of amides is 1. The van der Waals surface area contributed by atoms with E-state index in [4.69, 9.17) is 4.74 Å². The first-order valence-corrected chi connectivity index (χ1v) is 10.9. The van der Waals surface area contributed by atoms with E-state index >= 15 is 0 Å². The zero-order valence-electron chi connectivity index (χ0n) is 17.4. The van der Waals surface area contributed by atoms with Crippen molar-refractivity contribution in [3.05, 3.63) is 72.1 Å². The molecular formula is C23H24N4O3S. The van der Waals surface area contributed by atoms with Crippen LogP contribution in [0.1, 0.15) is 25.0 Å². The number of nitrogens with one attached hydrogen (secondary N) is 1. The Balaban J connectivity index is 1.57. The quantitative estimate of drug-likeness (QED) is 0.308. The Labute approximate surface area is 185 Å². The summed E-state index contributed by atoms with van der Waals surface area (Å²) in [6, 6.07) is 15.3. The Morgan fingerprint density at radius 1 is 1.13 bits per heavy atom. The van der Waals surface area contributed by atoms with Crippen molar-refractivity contribution in [2.24, 2.45) is 0 Å². The molecule has 0 aliphatic carbocycles. The molecule has 3 aromatic rings. The number of carbonyl (C=O) groups is 2. The topological polar surface area (TPSA) is 86.1 Å². The average Bonchev–Trinajstić information content (AvgIpc) is 3.26. The lowest BCUT2D eigenvalue weighted by Gasteiger charge is -2.10. The van der Waals surface area contributed by atoms with Crippen LogP contribution in [0.5, 0.6) is 0 Å². The number of para-hydroxylation sites is 1. The zero-order chi connectivity index (χ0) is 22.1. The lowest BCUT2D eigenvalue weighted by atomic mass is 10.1. The fraction of sp³-hybridized carbons (Fsp3) is 0.217. The number of ether oxygens (including phenoxy) is 1. The first-order valence-electron chi connectivity index (χ1n) is 9.96. The van der Waals surface area contributed by atoms with Crippen LogP contribution in [0.2, 0.25) is 0 Å². The number of thioether (sulfide) groups is 1. The fourth-order valence-electron chi connectivity index (χ4n) is 2.89. The van der Waals surface area contributed by atoms with E-state index < -0.39 is 0 Å². The van der Waals surface area contributed by atoms with Gasteiger partial charge in [0, 0.05) is 11.8 Å². The molecule has 0 aliphatic heterocycles. The second-order valence-corrected chi connectivity index (χ2v) is 7.45. The van der Waals surface area contributed by atoms with E-state index in [-0.39, 0.29) is 17.6 Å². The van der Waals surface area contributed by atoms with Crippen molar-refractivity contribution in [3.63, 3.8) is 0 Å². The van der Waals surface area contributed by atoms with Crippen LogP contribution in [0.4, 0.5) is 5.69 Å². The molecule has 0 bridgehead atoms. The summed E-state index contributed by atoms with van der Waals surface area (Å²) in [4.78, 5) is 23.8. The Hall–Kier alpha value is -3.39. The van der Waals surface area contributed by atoms with E-state index in [1.807, 2.05) is 34.9 Å². The molecule has 3 rings (SSSR count). The smallest absolute Gasteiger partial charge is 0.330 e. The highest BCUT2D eigenvalue weighted by Gasteiger charge is 2.12. The van der Waals surface area contributed by atoms with Crippen molar-refractivity contribution in [3.8, 4) is 5.69 Å². The van der Waals surface area contributed by atoms with Gasteiger partial charge in [0.25, 0.3) is 0 Å². The average molecular weight is 437 g/mol. The maximum atomic E-state index is 12.4. The number of aromatic nitrogens is 3. The molecule has 0 saturated carbocycles. The molecular weight excluding hydrogens is 412 g/mol. The number of rotatable bonds is 9. The summed E-state index contributed by atoms with van der Waals surface area (Å²) in [7, 11) is 0. The van der Waals surface area contributed by atoms with Gasteiger partial charge in [-0.3, -0.25) is 9.36 Å². The largest absolute Gasteiger partial charge is 0.463 e.